The van der Waals surface area contributed by atoms with Crippen molar-refractivity contribution in [2.24, 2.45) is 0 Å². The fourth-order valence-electron chi connectivity index (χ4n) is 2.69. The zero-order chi connectivity index (χ0) is 18.3. The second-order valence-electron chi connectivity index (χ2n) is 5.95. The number of hydrogen-bond donors (Lipinski definition) is 0. The number of carbonyl (C=O) groups is 1. The van der Waals surface area contributed by atoms with Crippen molar-refractivity contribution in [2.45, 2.75) is 39.0 Å². The Labute approximate surface area is 145 Å². The van der Waals surface area contributed by atoms with E-state index in [0.29, 0.717) is 11.8 Å². The molecule has 0 aromatic heterocycles. The number of unbranched alkanes of at least 4 members (excludes halogenated alkanes) is 3. The fraction of sp³-hybridized carbons (Fsp3) is 0.421. The van der Waals surface area contributed by atoms with Gasteiger partial charge >= 0.3 is 6.36 Å². The molecule has 1 aliphatic rings. The zero-order valence-corrected chi connectivity index (χ0v) is 14.2. The second kappa shape index (κ2) is 8.74. The molecule has 0 aliphatic carbocycles. The van der Waals surface area contributed by atoms with E-state index in [1.54, 1.807) is 0 Å². The van der Waals surface area contributed by atoms with Crippen LogP contribution in [0.2, 0.25) is 0 Å². The molecule has 0 saturated carbocycles. The van der Waals surface area contributed by atoms with Crippen molar-refractivity contribution in [1.82, 2.24) is 4.90 Å². The molecule has 0 amide bonds. The molecule has 1 aromatic carbocycles. The van der Waals surface area contributed by atoms with Gasteiger partial charge in [0.2, 0.25) is 0 Å². The van der Waals surface area contributed by atoms with Crippen LogP contribution in [0.1, 0.15) is 48.5 Å². The Morgan fingerprint density at radius 2 is 2.04 bits per heavy atom. The largest absolute Gasteiger partial charge is 0.573 e. The van der Waals surface area contributed by atoms with Gasteiger partial charge in [0, 0.05) is 13.1 Å². The van der Waals surface area contributed by atoms with Gasteiger partial charge in [-0.3, -0.25) is 4.79 Å². The Morgan fingerprint density at radius 3 is 2.64 bits per heavy atom. The molecule has 0 N–H and O–H groups in total. The summed E-state index contributed by atoms with van der Waals surface area (Å²) in [5.41, 5.74) is 1.45. The first-order chi connectivity index (χ1) is 11.9. The lowest BCUT2D eigenvalue weighted by molar-refractivity contribution is -0.274. The average Bonchev–Trinajstić information content (AvgIpc) is 2.58. The van der Waals surface area contributed by atoms with Gasteiger partial charge in [0.1, 0.15) is 5.75 Å². The smallest absolute Gasteiger partial charge is 0.405 e. The van der Waals surface area contributed by atoms with Crippen LogP contribution in [0.4, 0.5) is 13.2 Å². The van der Waals surface area contributed by atoms with Gasteiger partial charge in [-0.1, -0.05) is 38.3 Å². The standard InChI is InChI=1S/C19H22F3NO2/c1-2-3-4-5-10-23-11-8-15(9-12-23)16-6-7-18(17(13-16)14-24)25-19(20,21)22/h6-9,11,13-14H,2-5,10,12H2,1H3. The van der Waals surface area contributed by atoms with Crippen LogP contribution in [-0.4, -0.2) is 30.6 Å². The number of halogens is 3. The van der Waals surface area contributed by atoms with Crippen molar-refractivity contribution in [1.29, 1.82) is 0 Å². The Hall–Kier alpha value is -2.24. The quantitative estimate of drug-likeness (QED) is 0.476. The third-order valence-electron chi connectivity index (χ3n) is 4.01. The van der Waals surface area contributed by atoms with E-state index in [1.807, 2.05) is 18.4 Å². The zero-order valence-electron chi connectivity index (χ0n) is 14.2. The van der Waals surface area contributed by atoms with Crippen LogP contribution < -0.4 is 4.74 Å². The van der Waals surface area contributed by atoms with Crippen LogP contribution in [0, 0.1) is 0 Å². The van der Waals surface area contributed by atoms with Crippen LogP contribution in [0.5, 0.6) is 5.75 Å². The molecule has 0 spiro atoms. The normalized spacial score (nSPS) is 14.4. The van der Waals surface area contributed by atoms with Crippen LogP contribution in [0.3, 0.4) is 0 Å². The van der Waals surface area contributed by atoms with E-state index < -0.39 is 12.1 Å². The summed E-state index contributed by atoms with van der Waals surface area (Å²) in [6.07, 6.45) is 6.25. The lowest BCUT2D eigenvalue weighted by Gasteiger charge is -2.23. The molecule has 0 fully saturated rings. The highest BCUT2D eigenvalue weighted by Crippen LogP contribution is 2.29. The van der Waals surface area contributed by atoms with Crippen molar-refractivity contribution >= 4 is 11.9 Å². The minimum absolute atomic E-state index is 0.119. The molecular formula is C19H22F3NO2. The maximum atomic E-state index is 12.3. The molecule has 6 heteroatoms. The molecule has 1 aliphatic heterocycles. The van der Waals surface area contributed by atoms with Gasteiger partial charge in [0.25, 0.3) is 0 Å². The van der Waals surface area contributed by atoms with Crippen LogP contribution in [-0.2, 0) is 0 Å². The van der Waals surface area contributed by atoms with Crippen molar-refractivity contribution in [3.05, 3.63) is 47.7 Å². The summed E-state index contributed by atoms with van der Waals surface area (Å²) < 4.78 is 40.9. The van der Waals surface area contributed by atoms with Gasteiger partial charge < -0.3 is 9.64 Å². The van der Waals surface area contributed by atoms with Crippen molar-refractivity contribution in [3.8, 4) is 5.75 Å². The van der Waals surface area contributed by atoms with E-state index >= 15 is 0 Å². The lowest BCUT2D eigenvalue weighted by Crippen LogP contribution is -2.21. The summed E-state index contributed by atoms with van der Waals surface area (Å²) in [5, 5.41) is 0. The summed E-state index contributed by atoms with van der Waals surface area (Å²) in [7, 11) is 0. The SMILES string of the molecule is CCCCCCN1C=CC(c2ccc(OC(F)(F)F)c(C=O)c2)=CC1. The van der Waals surface area contributed by atoms with Gasteiger partial charge in [0.05, 0.1) is 5.56 Å². The number of ether oxygens (including phenoxy) is 1. The number of aldehydes is 1. The Kier molecular flexibility index (Phi) is 6.67. The Morgan fingerprint density at radius 1 is 1.24 bits per heavy atom. The van der Waals surface area contributed by atoms with Crippen molar-refractivity contribution < 1.29 is 22.7 Å². The van der Waals surface area contributed by atoms with Crippen molar-refractivity contribution in [3.63, 3.8) is 0 Å². The van der Waals surface area contributed by atoms with E-state index in [0.717, 1.165) is 25.1 Å². The fourth-order valence-corrected chi connectivity index (χ4v) is 2.69. The Balaban J connectivity index is 2.02. The number of allylic oxidation sites excluding steroid dienone is 2. The first-order valence-electron chi connectivity index (χ1n) is 8.40. The number of nitrogens with zero attached hydrogens (tertiary/aromatic N) is 1. The molecule has 136 valence electrons. The molecule has 25 heavy (non-hydrogen) atoms. The predicted molar refractivity (Wildman–Crippen MR) is 91.3 cm³/mol. The molecule has 0 saturated heterocycles. The first-order valence-corrected chi connectivity index (χ1v) is 8.40. The number of hydrogen-bond acceptors (Lipinski definition) is 3. The molecular weight excluding hydrogens is 331 g/mol. The highest BCUT2D eigenvalue weighted by atomic mass is 19.4. The monoisotopic (exact) mass is 353 g/mol. The predicted octanol–water partition coefficient (Wildman–Crippen LogP) is 5.19. The second-order valence-corrected chi connectivity index (χ2v) is 5.95. The van der Waals surface area contributed by atoms with Crippen LogP contribution in [0.25, 0.3) is 5.57 Å². The summed E-state index contributed by atoms with van der Waals surface area (Å²) in [5.74, 6) is -0.482. The van der Waals surface area contributed by atoms with E-state index in [1.165, 1.54) is 37.5 Å². The lowest BCUT2D eigenvalue weighted by atomic mass is 10.0. The van der Waals surface area contributed by atoms with Gasteiger partial charge in [0.15, 0.2) is 6.29 Å². The molecule has 3 nitrogen and oxygen atoms in total. The van der Waals surface area contributed by atoms with E-state index in [4.69, 9.17) is 0 Å². The third kappa shape index (κ3) is 5.96. The molecule has 0 atom stereocenters. The number of carbonyl (C=O) groups excluding carboxylic acids is 1. The first kappa shape index (κ1) is 19.1. The minimum Gasteiger partial charge on any atom is -0.405 e. The molecule has 0 unspecified atom stereocenters. The van der Waals surface area contributed by atoms with Gasteiger partial charge in [-0.25, -0.2) is 0 Å². The van der Waals surface area contributed by atoms with Crippen LogP contribution >= 0.6 is 0 Å². The number of rotatable bonds is 8. The van der Waals surface area contributed by atoms with E-state index in [9.17, 15) is 18.0 Å². The summed E-state index contributed by atoms with van der Waals surface area (Å²) >= 11 is 0. The highest BCUT2D eigenvalue weighted by Gasteiger charge is 2.32. The number of benzene rings is 1. The molecule has 2 rings (SSSR count). The van der Waals surface area contributed by atoms with Gasteiger partial charge in [-0.2, -0.15) is 0 Å². The minimum atomic E-state index is -4.82. The Bertz CT molecular complexity index is 651. The number of alkyl halides is 3. The summed E-state index contributed by atoms with van der Waals surface area (Å²) in [6.45, 7) is 3.90. The van der Waals surface area contributed by atoms with E-state index in [2.05, 4.69) is 16.6 Å². The van der Waals surface area contributed by atoms with Gasteiger partial charge in [-0.15, -0.1) is 13.2 Å². The molecule has 0 radical (unpaired) electrons. The van der Waals surface area contributed by atoms with Crippen LogP contribution in [0.15, 0.2) is 36.6 Å². The molecule has 0 bridgehead atoms. The average molecular weight is 353 g/mol. The topological polar surface area (TPSA) is 29.5 Å². The molecule has 1 aromatic rings. The molecule has 1 heterocycles. The maximum absolute atomic E-state index is 12.3. The summed E-state index contributed by atoms with van der Waals surface area (Å²) in [4.78, 5) is 13.3. The van der Waals surface area contributed by atoms with E-state index in [-0.39, 0.29) is 5.56 Å². The summed E-state index contributed by atoms with van der Waals surface area (Å²) in [6, 6.07) is 4.13. The third-order valence-corrected chi connectivity index (χ3v) is 4.01. The van der Waals surface area contributed by atoms with Gasteiger partial charge in [-0.05, 0) is 42.0 Å². The maximum Gasteiger partial charge on any atom is 0.573 e. The highest BCUT2D eigenvalue weighted by molar-refractivity contribution is 5.84. The van der Waals surface area contributed by atoms with Crippen molar-refractivity contribution in [2.75, 3.05) is 13.1 Å².